The summed E-state index contributed by atoms with van der Waals surface area (Å²) in [5.74, 6) is -2.32. The van der Waals surface area contributed by atoms with Gasteiger partial charge in [-0.3, -0.25) is 9.59 Å². The molecular weight excluding hydrogens is 584 g/mol. The molecule has 4 aliphatic rings. The first-order valence-corrected chi connectivity index (χ1v) is 14.7. The van der Waals surface area contributed by atoms with Crippen molar-refractivity contribution in [3.05, 3.63) is 89.1 Å². The Balaban J connectivity index is 1.17. The second kappa shape index (κ2) is 10.5. The Morgan fingerprint density at radius 1 is 1.07 bits per heavy atom. The third-order valence-electron chi connectivity index (χ3n) is 8.60. The molecule has 2 fully saturated rings. The number of nitrogens with one attached hydrogen (secondary N) is 2. The highest BCUT2D eigenvalue weighted by molar-refractivity contribution is 6.20. The SMILES string of the molecule is C[C@@H]1CCn2nc(-c3ccc(N4CC5OCC54)nc3F)c(C(=O)N[C@H]3N=C(c4ccccc4)c4cccc(F)c4NC3=O)c2O1. The molecule has 0 saturated carbocycles. The highest BCUT2D eigenvalue weighted by Gasteiger charge is 2.48. The monoisotopic (exact) mass is 611 g/mol. The molecule has 2 amide bonds. The molecule has 45 heavy (non-hydrogen) atoms. The molecule has 0 spiro atoms. The van der Waals surface area contributed by atoms with Gasteiger partial charge in [0.2, 0.25) is 18.0 Å². The second-order valence-corrected chi connectivity index (χ2v) is 11.4. The number of halogens is 2. The molecule has 4 atom stereocenters. The maximum atomic E-state index is 15.7. The van der Waals surface area contributed by atoms with E-state index in [0.29, 0.717) is 48.8 Å². The van der Waals surface area contributed by atoms with Crippen molar-refractivity contribution in [2.75, 3.05) is 23.4 Å². The number of hydrogen-bond donors (Lipinski definition) is 2. The third kappa shape index (κ3) is 4.53. The van der Waals surface area contributed by atoms with Gasteiger partial charge in [0, 0.05) is 30.6 Å². The van der Waals surface area contributed by atoms with Crippen LogP contribution in [0.4, 0.5) is 20.3 Å². The predicted octanol–water partition coefficient (Wildman–Crippen LogP) is 3.53. The van der Waals surface area contributed by atoms with Gasteiger partial charge in [0.05, 0.1) is 41.8 Å². The number of pyridine rings is 1. The van der Waals surface area contributed by atoms with Crippen molar-refractivity contribution < 1.29 is 27.8 Å². The predicted molar refractivity (Wildman–Crippen MR) is 159 cm³/mol. The highest BCUT2D eigenvalue weighted by Crippen LogP contribution is 2.38. The van der Waals surface area contributed by atoms with Crippen molar-refractivity contribution in [2.45, 2.75) is 44.3 Å². The standard InChI is InChI=1S/C32H27F2N7O4/c1-16-12-13-41-32(45-16)24(27(39-41)19-10-11-23(35-28(19)34)40-14-22-21(40)15-44-22)30(42)38-29-31(43)37-26-18(8-5-9-20(26)33)25(36-29)17-6-3-2-4-7-17/h2-11,16,21-22,29H,12-15H2,1H3,(H,37,43)(H,38,42)/t16-,21?,22?,29-/m1/s1. The summed E-state index contributed by atoms with van der Waals surface area (Å²) < 4.78 is 43.6. The zero-order valence-corrected chi connectivity index (χ0v) is 24.0. The number of anilines is 2. The maximum absolute atomic E-state index is 15.7. The number of para-hydroxylation sites is 1. The number of rotatable bonds is 5. The van der Waals surface area contributed by atoms with Gasteiger partial charge in [-0.25, -0.2) is 19.0 Å². The van der Waals surface area contributed by atoms with Gasteiger partial charge in [0.25, 0.3) is 11.8 Å². The Labute approximate surface area is 255 Å². The summed E-state index contributed by atoms with van der Waals surface area (Å²) in [6.45, 7) is 3.51. The van der Waals surface area contributed by atoms with Crippen molar-refractivity contribution in [3.8, 4) is 17.1 Å². The van der Waals surface area contributed by atoms with Crippen LogP contribution in [0, 0.1) is 11.8 Å². The molecule has 6 heterocycles. The van der Waals surface area contributed by atoms with Crippen molar-refractivity contribution in [3.63, 3.8) is 0 Å². The van der Waals surface area contributed by atoms with E-state index in [1.807, 2.05) is 17.9 Å². The van der Waals surface area contributed by atoms with Crippen molar-refractivity contribution in [2.24, 2.45) is 4.99 Å². The fourth-order valence-corrected chi connectivity index (χ4v) is 6.08. The molecule has 11 nitrogen and oxygen atoms in total. The average molecular weight is 612 g/mol. The largest absolute Gasteiger partial charge is 0.474 e. The summed E-state index contributed by atoms with van der Waals surface area (Å²) in [5.41, 5.74) is 1.24. The topological polar surface area (TPSA) is 123 Å². The summed E-state index contributed by atoms with van der Waals surface area (Å²) in [6.07, 6.45) is -0.907. The number of benzene rings is 2. The summed E-state index contributed by atoms with van der Waals surface area (Å²) in [6, 6.07) is 16.8. The van der Waals surface area contributed by atoms with E-state index in [9.17, 15) is 14.0 Å². The number of amides is 2. The van der Waals surface area contributed by atoms with Gasteiger partial charge >= 0.3 is 0 Å². The minimum Gasteiger partial charge on any atom is -0.474 e. The molecular formula is C32H27F2N7O4. The molecule has 0 aliphatic carbocycles. The van der Waals surface area contributed by atoms with Crippen LogP contribution >= 0.6 is 0 Å². The van der Waals surface area contributed by atoms with Gasteiger partial charge in [0.15, 0.2) is 0 Å². The van der Waals surface area contributed by atoms with Crippen LogP contribution in [0.3, 0.4) is 0 Å². The van der Waals surface area contributed by atoms with Gasteiger partial charge in [-0.15, -0.1) is 0 Å². The Hall–Kier alpha value is -5.17. The number of fused-ring (bicyclic) bond motifs is 3. The van der Waals surface area contributed by atoms with Crippen LogP contribution in [0.5, 0.6) is 5.88 Å². The molecule has 2 unspecified atom stereocenters. The Morgan fingerprint density at radius 3 is 2.64 bits per heavy atom. The number of carbonyl (C=O) groups excluding carboxylic acids is 2. The van der Waals surface area contributed by atoms with E-state index in [1.165, 1.54) is 16.8 Å². The molecule has 228 valence electrons. The summed E-state index contributed by atoms with van der Waals surface area (Å²) in [7, 11) is 0. The number of aryl methyl sites for hydroxylation is 1. The minimum atomic E-state index is -1.46. The van der Waals surface area contributed by atoms with Gasteiger partial charge in [-0.05, 0) is 25.1 Å². The van der Waals surface area contributed by atoms with E-state index in [1.54, 1.807) is 42.5 Å². The summed E-state index contributed by atoms with van der Waals surface area (Å²) in [4.78, 5) is 38.3. The van der Waals surface area contributed by atoms with E-state index < -0.39 is 29.7 Å². The first-order valence-electron chi connectivity index (χ1n) is 14.7. The number of nitrogens with zero attached hydrogens (tertiary/aromatic N) is 5. The smallest absolute Gasteiger partial charge is 0.269 e. The Kier molecular flexibility index (Phi) is 6.38. The lowest BCUT2D eigenvalue weighted by Gasteiger charge is -2.55. The number of ether oxygens (including phenoxy) is 2. The van der Waals surface area contributed by atoms with E-state index in [4.69, 9.17) is 9.47 Å². The highest BCUT2D eigenvalue weighted by atomic mass is 19.1. The number of hydrogen-bond acceptors (Lipinski definition) is 8. The molecule has 8 rings (SSSR count). The van der Waals surface area contributed by atoms with E-state index >= 15 is 4.39 Å². The Morgan fingerprint density at radius 2 is 1.91 bits per heavy atom. The fraction of sp³-hybridized carbons (Fsp3) is 0.281. The van der Waals surface area contributed by atoms with Gasteiger partial charge < -0.3 is 25.0 Å². The first kappa shape index (κ1) is 27.4. The average Bonchev–Trinajstić information content (AvgIpc) is 3.33. The normalized spacial score (nSPS) is 23.1. The maximum Gasteiger partial charge on any atom is 0.269 e. The van der Waals surface area contributed by atoms with Gasteiger partial charge in [-0.1, -0.05) is 42.5 Å². The summed E-state index contributed by atoms with van der Waals surface area (Å²) >= 11 is 0. The molecule has 0 radical (unpaired) electrons. The number of aromatic nitrogens is 3. The molecule has 2 N–H and O–H groups in total. The minimum absolute atomic E-state index is 0.0113. The van der Waals surface area contributed by atoms with E-state index in [2.05, 4.69) is 25.7 Å². The van der Waals surface area contributed by atoms with Crippen LogP contribution in [0.1, 0.15) is 34.8 Å². The van der Waals surface area contributed by atoms with E-state index in [0.717, 1.165) is 0 Å². The quantitative estimate of drug-likeness (QED) is 0.331. The molecule has 4 aromatic rings. The molecule has 0 bridgehead atoms. The van der Waals surface area contributed by atoms with E-state index in [-0.39, 0.29) is 46.6 Å². The van der Waals surface area contributed by atoms with Crippen LogP contribution in [0.25, 0.3) is 11.3 Å². The lowest BCUT2D eigenvalue weighted by atomic mass is 9.95. The zero-order valence-electron chi connectivity index (χ0n) is 24.0. The lowest BCUT2D eigenvalue weighted by Crippen LogP contribution is -2.71. The third-order valence-corrected chi connectivity index (χ3v) is 8.60. The van der Waals surface area contributed by atoms with Crippen molar-refractivity contribution in [1.82, 2.24) is 20.1 Å². The van der Waals surface area contributed by atoms with Crippen LogP contribution in [0.2, 0.25) is 0 Å². The van der Waals surface area contributed by atoms with Crippen molar-refractivity contribution in [1.29, 1.82) is 0 Å². The first-order chi connectivity index (χ1) is 21.9. The fourth-order valence-electron chi connectivity index (χ4n) is 6.08. The van der Waals surface area contributed by atoms with Gasteiger partial charge in [0.1, 0.15) is 22.9 Å². The van der Waals surface area contributed by atoms with Crippen molar-refractivity contribution >= 4 is 29.0 Å². The summed E-state index contributed by atoms with van der Waals surface area (Å²) in [5, 5.41) is 9.80. The Bertz CT molecular complexity index is 1900. The van der Waals surface area contributed by atoms with Gasteiger partial charge in [-0.2, -0.15) is 9.49 Å². The number of aliphatic imine (C=N–C) groups is 1. The van der Waals surface area contributed by atoms with Crippen LogP contribution in [-0.2, 0) is 16.1 Å². The lowest BCUT2D eigenvalue weighted by molar-refractivity contribution is -0.117. The molecule has 2 aromatic heterocycles. The number of benzodiazepines with no additional fused rings is 1. The molecule has 2 aromatic carbocycles. The molecule has 4 aliphatic heterocycles. The number of carbonyl (C=O) groups is 2. The second-order valence-electron chi connectivity index (χ2n) is 11.4. The van der Waals surface area contributed by atoms with Crippen LogP contribution < -0.4 is 20.3 Å². The molecule has 13 heteroatoms. The van der Waals surface area contributed by atoms with Crippen LogP contribution in [-0.4, -0.2) is 69.9 Å². The zero-order chi connectivity index (χ0) is 30.8. The number of morpholine rings is 1. The van der Waals surface area contributed by atoms with Crippen LogP contribution in [0.15, 0.2) is 65.7 Å². The molecule has 2 saturated heterocycles.